The van der Waals surface area contributed by atoms with Crippen LogP contribution in [-0.4, -0.2) is 23.0 Å². The van der Waals surface area contributed by atoms with Crippen LogP contribution in [0, 0.1) is 11.3 Å². The van der Waals surface area contributed by atoms with Crippen LogP contribution in [0.1, 0.15) is 17.7 Å². The molecule has 0 spiro atoms. The fraction of sp³-hybridized carbons (Fsp3) is 0.500. The molecular weight excluding hydrogens is 332 g/mol. The summed E-state index contributed by atoms with van der Waals surface area (Å²) in [5.41, 5.74) is -0.627. The van der Waals surface area contributed by atoms with Crippen molar-refractivity contribution in [2.75, 3.05) is 11.5 Å². The number of aryl methyl sites for hydroxylation is 1. The van der Waals surface area contributed by atoms with Gasteiger partial charge in [0.1, 0.15) is 5.54 Å². The lowest BCUT2D eigenvalue weighted by atomic mass is 10.0. The maximum absolute atomic E-state index is 11.9. The minimum atomic E-state index is -0.627. The Labute approximate surface area is 123 Å². The first-order valence-electron chi connectivity index (χ1n) is 5.66. The molecule has 1 aliphatic rings. The molecule has 1 saturated heterocycles. The summed E-state index contributed by atoms with van der Waals surface area (Å²) in [6, 6.07) is 4.28. The van der Waals surface area contributed by atoms with Gasteiger partial charge in [-0.05, 0) is 40.6 Å². The standard InChI is InChI=1S/C12H13BrN2OS2/c13-9-5-10(18-6-9)1-2-11(16)15-12(7-14)3-4-17-8-12/h5-6H,1-4,8H2,(H,15,16)/t12-/m0/s1. The number of amides is 1. The number of hydrogen-bond acceptors (Lipinski definition) is 4. The van der Waals surface area contributed by atoms with E-state index in [1.54, 1.807) is 23.1 Å². The summed E-state index contributed by atoms with van der Waals surface area (Å²) < 4.78 is 1.06. The van der Waals surface area contributed by atoms with E-state index < -0.39 is 5.54 Å². The van der Waals surface area contributed by atoms with Crippen molar-refractivity contribution in [1.82, 2.24) is 5.32 Å². The highest BCUT2D eigenvalue weighted by Gasteiger charge is 2.35. The highest BCUT2D eigenvalue weighted by atomic mass is 79.9. The van der Waals surface area contributed by atoms with Crippen molar-refractivity contribution < 1.29 is 4.79 Å². The number of hydrogen-bond donors (Lipinski definition) is 1. The van der Waals surface area contributed by atoms with Gasteiger partial charge < -0.3 is 5.32 Å². The van der Waals surface area contributed by atoms with Crippen molar-refractivity contribution in [2.24, 2.45) is 0 Å². The van der Waals surface area contributed by atoms with Gasteiger partial charge in [0.05, 0.1) is 6.07 Å². The lowest BCUT2D eigenvalue weighted by Crippen LogP contribution is -2.47. The third kappa shape index (κ3) is 3.50. The molecule has 1 aliphatic heterocycles. The topological polar surface area (TPSA) is 52.9 Å². The molecule has 3 nitrogen and oxygen atoms in total. The fourth-order valence-electron chi connectivity index (χ4n) is 1.83. The summed E-state index contributed by atoms with van der Waals surface area (Å²) >= 11 is 6.76. The van der Waals surface area contributed by atoms with E-state index in [0.29, 0.717) is 12.2 Å². The van der Waals surface area contributed by atoms with Crippen molar-refractivity contribution in [2.45, 2.75) is 24.8 Å². The Morgan fingerprint density at radius 2 is 2.50 bits per heavy atom. The Morgan fingerprint density at radius 1 is 1.67 bits per heavy atom. The number of rotatable bonds is 4. The normalized spacial score (nSPS) is 22.7. The number of carbonyl (C=O) groups excluding carboxylic acids is 1. The Morgan fingerprint density at radius 3 is 3.06 bits per heavy atom. The van der Waals surface area contributed by atoms with Gasteiger partial charge in [-0.1, -0.05) is 0 Å². The molecular formula is C12H13BrN2OS2. The number of thiophene rings is 1. The van der Waals surface area contributed by atoms with Crippen LogP contribution in [-0.2, 0) is 11.2 Å². The summed E-state index contributed by atoms with van der Waals surface area (Å²) in [5.74, 6) is 1.63. The predicted molar refractivity (Wildman–Crippen MR) is 78.8 cm³/mol. The zero-order valence-electron chi connectivity index (χ0n) is 9.74. The molecule has 18 heavy (non-hydrogen) atoms. The first-order chi connectivity index (χ1) is 8.63. The minimum absolute atomic E-state index is 0.0245. The largest absolute Gasteiger partial charge is 0.337 e. The van der Waals surface area contributed by atoms with Crippen LogP contribution in [0.3, 0.4) is 0 Å². The van der Waals surface area contributed by atoms with Gasteiger partial charge in [0.25, 0.3) is 0 Å². The fourth-order valence-corrected chi connectivity index (χ4v) is 4.55. The summed E-state index contributed by atoms with van der Waals surface area (Å²) in [5, 5.41) is 14.1. The summed E-state index contributed by atoms with van der Waals surface area (Å²) in [6.07, 6.45) is 1.93. The Kier molecular flexibility index (Phi) is 4.71. The first kappa shape index (κ1) is 13.9. The minimum Gasteiger partial charge on any atom is -0.337 e. The molecule has 1 fully saturated rings. The zero-order chi connectivity index (χ0) is 13.0. The van der Waals surface area contributed by atoms with Crippen molar-refractivity contribution in [3.63, 3.8) is 0 Å². The van der Waals surface area contributed by atoms with Crippen molar-refractivity contribution >= 4 is 44.9 Å². The molecule has 1 N–H and O–H groups in total. The predicted octanol–water partition coefficient (Wildman–Crippen LogP) is 2.96. The van der Waals surface area contributed by atoms with E-state index in [1.807, 2.05) is 11.4 Å². The Hall–Kier alpha value is -0.510. The molecule has 1 aromatic heterocycles. The van der Waals surface area contributed by atoms with Crippen LogP contribution in [0.4, 0.5) is 0 Å². The van der Waals surface area contributed by atoms with E-state index in [2.05, 4.69) is 27.3 Å². The highest BCUT2D eigenvalue weighted by Crippen LogP contribution is 2.27. The average molecular weight is 345 g/mol. The molecule has 96 valence electrons. The van der Waals surface area contributed by atoms with Gasteiger partial charge in [-0.15, -0.1) is 11.3 Å². The molecule has 0 bridgehead atoms. The summed E-state index contributed by atoms with van der Waals surface area (Å²) in [6.45, 7) is 0. The van der Waals surface area contributed by atoms with Crippen LogP contribution in [0.15, 0.2) is 15.9 Å². The molecule has 1 aromatic rings. The SMILES string of the molecule is N#C[C@@]1(NC(=O)CCc2cc(Br)cs2)CCSC1. The molecule has 0 saturated carbocycles. The molecule has 1 atom stereocenters. The summed E-state index contributed by atoms with van der Waals surface area (Å²) in [4.78, 5) is 13.0. The maximum Gasteiger partial charge on any atom is 0.221 e. The van der Waals surface area contributed by atoms with Gasteiger partial charge in [0.15, 0.2) is 0 Å². The van der Waals surface area contributed by atoms with Crippen LogP contribution < -0.4 is 5.32 Å². The van der Waals surface area contributed by atoms with E-state index in [4.69, 9.17) is 0 Å². The van der Waals surface area contributed by atoms with E-state index in [1.165, 1.54) is 4.88 Å². The first-order valence-corrected chi connectivity index (χ1v) is 8.49. The van der Waals surface area contributed by atoms with Crippen molar-refractivity contribution in [1.29, 1.82) is 5.26 Å². The summed E-state index contributed by atoms with van der Waals surface area (Å²) in [7, 11) is 0. The second kappa shape index (κ2) is 6.09. The van der Waals surface area contributed by atoms with Crippen LogP contribution in [0.2, 0.25) is 0 Å². The van der Waals surface area contributed by atoms with E-state index in [-0.39, 0.29) is 5.91 Å². The van der Waals surface area contributed by atoms with Gasteiger partial charge in [0.2, 0.25) is 5.91 Å². The molecule has 0 radical (unpaired) electrons. The van der Waals surface area contributed by atoms with Gasteiger partial charge >= 0.3 is 0 Å². The molecule has 2 rings (SSSR count). The molecule has 2 heterocycles. The van der Waals surface area contributed by atoms with Crippen LogP contribution >= 0.6 is 39.0 Å². The molecule has 0 aromatic carbocycles. The van der Waals surface area contributed by atoms with E-state index in [0.717, 1.165) is 23.1 Å². The molecule has 6 heteroatoms. The number of nitriles is 1. The van der Waals surface area contributed by atoms with Crippen molar-refractivity contribution in [3.05, 3.63) is 20.8 Å². The van der Waals surface area contributed by atoms with Gasteiger partial charge in [-0.25, -0.2) is 0 Å². The number of nitrogens with zero attached hydrogens (tertiary/aromatic N) is 1. The third-order valence-corrected chi connectivity index (χ3v) is 5.78. The number of nitrogens with one attached hydrogen (secondary N) is 1. The quantitative estimate of drug-likeness (QED) is 0.913. The molecule has 0 aliphatic carbocycles. The van der Waals surface area contributed by atoms with Gasteiger partial charge in [-0.2, -0.15) is 17.0 Å². The van der Waals surface area contributed by atoms with Crippen LogP contribution in [0.25, 0.3) is 0 Å². The van der Waals surface area contributed by atoms with E-state index in [9.17, 15) is 10.1 Å². The van der Waals surface area contributed by atoms with Crippen LogP contribution in [0.5, 0.6) is 0 Å². The third-order valence-electron chi connectivity index (χ3n) is 2.83. The van der Waals surface area contributed by atoms with Gasteiger partial charge in [0, 0.05) is 26.9 Å². The lowest BCUT2D eigenvalue weighted by molar-refractivity contribution is -0.122. The number of thioether (sulfide) groups is 1. The molecule has 0 unspecified atom stereocenters. The second-order valence-electron chi connectivity index (χ2n) is 4.28. The maximum atomic E-state index is 11.9. The number of carbonyl (C=O) groups is 1. The Balaban J connectivity index is 1.83. The lowest BCUT2D eigenvalue weighted by Gasteiger charge is -2.20. The second-order valence-corrected chi connectivity index (χ2v) is 7.29. The smallest absolute Gasteiger partial charge is 0.221 e. The van der Waals surface area contributed by atoms with E-state index >= 15 is 0 Å². The average Bonchev–Trinajstić information content (AvgIpc) is 2.97. The number of halogens is 1. The van der Waals surface area contributed by atoms with Gasteiger partial charge in [-0.3, -0.25) is 4.79 Å². The molecule has 1 amide bonds. The monoisotopic (exact) mass is 344 g/mol. The zero-order valence-corrected chi connectivity index (χ0v) is 13.0. The highest BCUT2D eigenvalue weighted by molar-refractivity contribution is 9.10. The van der Waals surface area contributed by atoms with Crippen molar-refractivity contribution in [3.8, 4) is 6.07 Å². The Bertz CT molecular complexity index is 475.